The van der Waals surface area contributed by atoms with Gasteiger partial charge in [-0.1, -0.05) is 24.3 Å². The van der Waals surface area contributed by atoms with Crippen LogP contribution in [0.15, 0.2) is 47.6 Å². The molecule has 0 radical (unpaired) electrons. The van der Waals surface area contributed by atoms with Gasteiger partial charge in [-0.05, 0) is 48.6 Å². The molecule has 2 unspecified atom stereocenters. The highest BCUT2D eigenvalue weighted by Crippen LogP contribution is 2.47. The van der Waals surface area contributed by atoms with E-state index in [9.17, 15) is 17.8 Å². The lowest BCUT2D eigenvalue weighted by Crippen LogP contribution is -2.47. The number of aryl methyl sites for hydroxylation is 1. The molecule has 0 aromatic heterocycles. The van der Waals surface area contributed by atoms with Crippen LogP contribution in [0, 0.1) is 11.6 Å². The first-order valence-electron chi connectivity index (χ1n) is 8.30. The van der Waals surface area contributed by atoms with E-state index in [1.165, 1.54) is 11.9 Å². The first-order chi connectivity index (χ1) is 12.4. The molecule has 134 valence electrons. The lowest BCUT2D eigenvalue weighted by molar-refractivity contribution is -0.132. The lowest BCUT2D eigenvalue weighted by atomic mass is 9.86. The number of carbonyl (C=O) groups excluding carboxylic acids is 1. The van der Waals surface area contributed by atoms with Gasteiger partial charge in [-0.15, -0.1) is 0 Å². The average molecular weight is 374 g/mol. The molecule has 2 aromatic carbocycles. The Kier molecular flexibility index (Phi) is 3.99. The topological polar surface area (TPSA) is 49.7 Å². The maximum atomic E-state index is 14.3. The lowest BCUT2D eigenvalue weighted by Gasteiger charge is -2.39. The van der Waals surface area contributed by atoms with E-state index in [0.29, 0.717) is 6.42 Å². The van der Waals surface area contributed by atoms with E-state index in [4.69, 9.17) is 0 Å². The Morgan fingerprint density at radius 2 is 2.00 bits per heavy atom. The minimum atomic E-state index is -1.84. The highest BCUT2D eigenvalue weighted by atomic mass is 32.2. The summed E-state index contributed by atoms with van der Waals surface area (Å²) in [5, 5.41) is 5.30. The van der Waals surface area contributed by atoms with Crippen molar-refractivity contribution < 1.29 is 17.8 Å². The summed E-state index contributed by atoms with van der Waals surface area (Å²) in [5.74, 6) is -1.76. The van der Waals surface area contributed by atoms with Gasteiger partial charge in [0, 0.05) is 12.5 Å². The van der Waals surface area contributed by atoms with Gasteiger partial charge in [-0.3, -0.25) is 4.79 Å². The van der Waals surface area contributed by atoms with Crippen molar-refractivity contribution in [2.75, 3.05) is 0 Å². The SMILES string of the molecule is CC(=O)N1N=C(c2cc(F)ccc2F)S(=O)C12CCCc1ccccc12. The van der Waals surface area contributed by atoms with Crippen LogP contribution in [0.3, 0.4) is 0 Å². The maximum Gasteiger partial charge on any atom is 0.241 e. The smallest absolute Gasteiger partial charge is 0.241 e. The number of amides is 1. The first kappa shape index (κ1) is 17.0. The fourth-order valence-electron chi connectivity index (χ4n) is 3.77. The number of hydrazone groups is 1. The Hall–Kier alpha value is -2.41. The van der Waals surface area contributed by atoms with Crippen molar-refractivity contribution >= 4 is 21.8 Å². The fourth-order valence-corrected chi connectivity index (χ4v) is 5.66. The van der Waals surface area contributed by atoms with Gasteiger partial charge in [0.05, 0.1) is 0 Å². The number of nitrogens with zero attached hydrogens (tertiary/aromatic N) is 2. The summed E-state index contributed by atoms with van der Waals surface area (Å²) in [4.78, 5) is 11.1. The van der Waals surface area contributed by atoms with Gasteiger partial charge in [-0.25, -0.2) is 18.0 Å². The number of carbonyl (C=O) groups is 1. The molecule has 1 aliphatic carbocycles. The zero-order valence-electron chi connectivity index (χ0n) is 14.0. The molecule has 2 aliphatic rings. The third kappa shape index (κ3) is 2.34. The normalized spacial score (nSPS) is 24.5. The van der Waals surface area contributed by atoms with E-state index in [1.807, 2.05) is 24.3 Å². The summed E-state index contributed by atoms with van der Waals surface area (Å²) in [7, 11) is -1.84. The van der Waals surface area contributed by atoms with Gasteiger partial charge in [-0.2, -0.15) is 5.10 Å². The third-order valence-electron chi connectivity index (χ3n) is 4.87. The zero-order valence-corrected chi connectivity index (χ0v) is 14.9. The van der Waals surface area contributed by atoms with E-state index in [-0.39, 0.29) is 16.5 Å². The van der Waals surface area contributed by atoms with Crippen LogP contribution >= 0.6 is 0 Å². The molecule has 0 N–H and O–H groups in total. The zero-order chi connectivity index (χ0) is 18.5. The maximum absolute atomic E-state index is 14.3. The van der Waals surface area contributed by atoms with Crippen molar-refractivity contribution in [1.82, 2.24) is 5.01 Å². The van der Waals surface area contributed by atoms with Gasteiger partial charge in [0.15, 0.2) is 9.91 Å². The predicted octanol–water partition coefficient (Wildman–Crippen LogP) is 3.43. The standard InChI is InChI=1S/C19H16F2N2O2S/c1-12(24)23-19(10-4-6-13-5-2-3-7-16(13)19)26(25)18(22-23)15-11-14(20)8-9-17(15)21/h2-3,5,7-9,11H,4,6,10H2,1H3. The van der Waals surface area contributed by atoms with E-state index in [0.717, 1.165) is 42.2 Å². The van der Waals surface area contributed by atoms with Gasteiger partial charge < -0.3 is 0 Å². The Morgan fingerprint density at radius 3 is 2.77 bits per heavy atom. The van der Waals surface area contributed by atoms with E-state index in [2.05, 4.69) is 5.10 Å². The van der Waals surface area contributed by atoms with Crippen molar-refractivity contribution in [3.8, 4) is 0 Å². The average Bonchev–Trinajstić information content (AvgIpc) is 2.91. The summed E-state index contributed by atoms with van der Waals surface area (Å²) in [5.41, 5.74) is 1.58. The van der Waals surface area contributed by atoms with Crippen molar-refractivity contribution in [2.45, 2.75) is 31.1 Å². The van der Waals surface area contributed by atoms with Crippen molar-refractivity contribution in [2.24, 2.45) is 5.10 Å². The minimum Gasteiger partial charge on any atom is -0.273 e. The van der Waals surface area contributed by atoms with Crippen LogP contribution < -0.4 is 0 Å². The molecule has 4 nitrogen and oxygen atoms in total. The molecule has 0 fully saturated rings. The molecule has 26 heavy (non-hydrogen) atoms. The predicted molar refractivity (Wildman–Crippen MR) is 94.6 cm³/mol. The van der Waals surface area contributed by atoms with Crippen LogP contribution in [-0.2, 0) is 26.9 Å². The summed E-state index contributed by atoms with van der Waals surface area (Å²) in [6.45, 7) is 1.34. The molecule has 4 rings (SSSR count). The molecular weight excluding hydrogens is 358 g/mol. The summed E-state index contributed by atoms with van der Waals surface area (Å²) in [6.07, 6.45) is 1.98. The van der Waals surface area contributed by atoms with Crippen molar-refractivity contribution in [3.63, 3.8) is 0 Å². The van der Waals surface area contributed by atoms with Crippen LogP contribution in [0.25, 0.3) is 0 Å². The molecule has 0 saturated carbocycles. The molecule has 1 amide bonds. The Bertz CT molecular complexity index is 976. The van der Waals surface area contributed by atoms with Gasteiger partial charge in [0.1, 0.15) is 22.4 Å². The van der Waals surface area contributed by atoms with Crippen LogP contribution in [-0.4, -0.2) is 20.2 Å². The third-order valence-corrected chi connectivity index (χ3v) is 6.74. The van der Waals surface area contributed by atoms with Crippen LogP contribution in [0.5, 0.6) is 0 Å². The molecule has 2 atom stereocenters. The van der Waals surface area contributed by atoms with Gasteiger partial charge in [0.2, 0.25) is 5.91 Å². The molecule has 1 spiro atoms. The number of fused-ring (bicyclic) bond motifs is 2. The quantitative estimate of drug-likeness (QED) is 0.768. The Morgan fingerprint density at radius 1 is 1.23 bits per heavy atom. The van der Waals surface area contributed by atoms with E-state index in [1.54, 1.807) is 0 Å². The summed E-state index contributed by atoms with van der Waals surface area (Å²) >= 11 is 0. The molecule has 0 saturated heterocycles. The molecule has 1 heterocycles. The Balaban J connectivity index is 1.93. The van der Waals surface area contributed by atoms with Gasteiger partial charge in [0.25, 0.3) is 0 Å². The second-order valence-electron chi connectivity index (χ2n) is 6.42. The highest BCUT2D eigenvalue weighted by molar-refractivity contribution is 8.02. The summed E-state index contributed by atoms with van der Waals surface area (Å²) < 4.78 is 41.5. The van der Waals surface area contributed by atoms with E-state index < -0.39 is 27.3 Å². The highest BCUT2D eigenvalue weighted by Gasteiger charge is 2.55. The molecule has 2 aromatic rings. The number of halogens is 2. The van der Waals surface area contributed by atoms with E-state index >= 15 is 0 Å². The molecular formula is C19H16F2N2O2S. The first-order valence-corrected chi connectivity index (χ1v) is 9.45. The van der Waals surface area contributed by atoms with Crippen molar-refractivity contribution in [3.05, 3.63) is 70.8 Å². The summed E-state index contributed by atoms with van der Waals surface area (Å²) in [6, 6.07) is 10.4. The largest absolute Gasteiger partial charge is 0.273 e. The fraction of sp³-hybridized carbons (Fsp3) is 0.263. The number of hydrogen-bond acceptors (Lipinski definition) is 3. The van der Waals surface area contributed by atoms with Gasteiger partial charge >= 0.3 is 0 Å². The number of hydrogen-bond donors (Lipinski definition) is 0. The van der Waals surface area contributed by atoms with Crippen LogP contribution in [0.1, 0.15) is 36.5 Å². The molecule has 1 aliphatic heterocycles. The van der Waals surface area contributed by atoms with Crippen molar-refractivity contribution in [1.29, 1.82) is 0 Å². The minimum absolute atomic E-state index is 0.103. The molecule has 0 bridgehead atoms. The van der Waals surface area contributed by atoms with Crippen LogP contribution in [0.4, 0.5) is 8.78 Å². The second kappa shape index (κ2) is 6.09. The number of rotatable bonds is 1. The molecule has 7 heteroatoms. The Labute approximate surface area is 152 Å². The van der Waals surface area contributed by atoms with Crippen LogP contribution in [0.2, 0.25) is 0 Å². The second-order valence-corrected chi connectivity index (χ2v) is 8.02. The number of benzene rings is 2. The monoisotopic (exact) mass is 374 g/mol.